The molecule has 1 aromatic heterocycles. The summed E-state index contributed by atoms with van der Waals surface area (Å²) in [5, 5.41) is 0.421. The highest BCUT2D eigenvalue weighted by molar-refractivity contribution is 6.33. The van der Waals surface area contributed by atoms with Crippen molar-refractivity contribution in [3.63, 3.8) is 0 Å². The summed E-state index contributed by atoms with van der Waals surface area (Å²) in [7, 11) is 1.38. The minimum Gasteiger partial charge on any atom is -0.469 e. The van der Waals surface area contributed by atoms with Crippen molar-refractivity contribution < 1.29 is 14.3 Å². The third-order valence-electron chi connectivity index (χ3n) is 3.00. The van der Waals surface area contributed by atoms with E-state index >= 15 is 0 Å². The second-order valence-electron chi connectivity index (χ2n) is 4.15. The molecule has 1 fully saturated rings. The van der Waals surface area contributed by atoms with Crippen molar-refractivity contribution >= 4 is 29.7 Å². The second kappa shape index (κ2) is 5.35. The first-order valence-electron chi connectivity index (χ1n) is 5.59. The summed E-state index contributed by atoms with van der Waals surface area (Å²) in [6.45, 7) is 1.24. The van der Waals surface area contributed by atoms with Gasteiger partial charge in [-0.3, -0.25) is 9.59 Å². The molecule has 1 aliphatic rings. The fourth-order valence-corrected chi connectivity index (χ4v) is 2.35. The van der Waals surface area contributed by atoms with Crippen molar-refractivity contribution in [3.05, 3.63) is 22.8 Å². The molecule has 0 N–H and O–H groups in total. The Kier molecular flexibility index (Phi) is 3.81. The van der Waals surface area contributed by atoms with Gasteiger partial charge in [0.05, 0.1) is 18.1 Å². The predicted molar refractivity (Wildman–Crippen MR) is 67.0 cm³/mol. The van der Waals surface area contributed by atoms with Crippen molar-refractivity contribution in [3.8, 4) is 0 Å². The molecule has 1 unspecified atom stereocenters. The smallest absolute Gasteiger partial charge is 0.310 e. The average molecular weight is 269 g/mol. The summed E-state index contributed by atoms with van der Waals surface area (Å²) in [6, 6.07) is 1.57. The topological polar surface area (TPSA) is 59.5 Å². The zero-order valence-electron chi connectivity index (χ0n) is 9.93. The van der Waals surface area contributed by atoms with Crippen molar-refractivity contribution in [2.45, 2.75) is 6.42 Å². The first kappa shape index (κ1) is 12.8. The minimum absolute atomic E-state index is 0.140. The zero-order valence-corrected chi connectivity index (χ0v) is 10.7. The number of anilines is 1. The van der Waals surface area contributed by atoms with Gasteiger partial charge in [-0.15, -0.1) is 0 Å². The van der Waals surface area contributed by atoms with E-state index in [0.29, 0.717) is 35.8 Å². The average Bonchev–Trinajstić information content (AvgIpc) is 2.87. The number of aromatic nitrogens is 1. The summed E-state index contributed by atoms with van der Waals surface area (Å²) in [5.41, 5.74) is 0.437. The van der Waals surface area contributed by atoms with Gasteiger partial charge in [-0.05, 0) is 12.5 Å². The SMILES string of the molecule is COC(=O)C1CCN(c2ncc(C=O)cc2Cl)C1. The summed E-state index contributed by atoms with van der Waals surface area (Å²) < 4.78 is 4.72. The summed E-state index contributed by atoms with van der Waals surface area (Å²) in [5.74, 6) is 0.255. The molecule has 0 bridgehead atoms. The molecular weight excluding hydrogens is 256 g/mol. The maximum absolute atomic E-state index is 11.4. The van der Waals surface area contributed by atoms with Crippen LogP contribution in [0.4, 0.5) is 5.82 Å². The lowest BCUT2D eigenvalue weighted by Crippen LogP contribution is -2.24. The van der Waals surface area contributed by atoms with Gasteiger partial charge in [-0.1, -0.05) is 11.6 Å². The monoisotopic (exact) mass is 268 g/mol. The van der Waals surface area contributed by atoms with Gasteiger partial charge >= 0.3 is 5.97 Å². The Hall–Kier alpha value is -1.62. The highest BCUT2D eigenvalue weighted by Crippen LogP contribution is 2.29. The van der Waals surface area contributed by atoms with Gasteiger partial charge in [0.25, 0.3) is 0 Å². The second-order valence-corrected chi connectivity index (χ2v) is 4.55. The van der Waals surface area contributed by atoms with E-state index in [0.717, 1.165) is 6.42 Å². The number of pyridine rings is 1. The van der Waals surface area contributed by atoms with Gasteiger partial charge in [0, 0.05) is 24.8 Å². The van der Waals surface area contributed by atoms with Crippen molar-refractivity contribution in [2.24, 2.45) is 5.92 Å². The number of carbonyl (C=O) groups excluding carboxylic acids is 2. The Morgan fingerprint density at radius 1 is 1.67 bits per heavy atom. The molecule has 1 aliphatic heterocycles. The Balaban J connectivity index is 2.14. The van der Waals surface area contributed by atoms with Crippen LogP contribution in [0.25, 0.3) is 0 Å². The van der Waals surface area contributed by atoms with Gasteiger partial charge < -0.3 is 9.64 Å². The van der Waals surface area contributed by atoms with Crippen molar-refractivity contribution in [1.82, 2.24) is 4.98 Å². The van der Waals surface area contributed by atoms with Crippen LogP contribution in [0.2, 0.25) is 5.02 Å². The predicted octanol–water partition coefficient (Wildman–Crippen LogP) is 1.55. The number of methoxy groups -OCH3 is 1. The number of halogens is 1. The lowest BCUT2D eigenvalue weighted by molar-refractivity contribution is -0.144. The van der Waals surface area contributed by atoms with E-state index in [1.807, 2.05) is 4.90 Å². The highest BCUT2D eigenvalue weighted by Gasteiger charge is 2.30. The number of aldehydes is 1. The van der Waals surface area contributed by atoms with Crippen LogP contribution in [-0.4, -0.2) is 37.4 Å². The van der Waals surface area contributed by atoms with Gasteiger partial charge in [-0.2, -0.15) is 0 Å². The molecule has 18 heavy (non-hydrogen) atoms. The molecule has 1 aromatic rings. The molecule has 0 amide bonds. The first-order chi connectivity index (χ1) is 8.65. The number of ether oxygens (including phenoxy) is 1. The number of hydrogen-bond acceptors (Lipinski definition) is 5. The number of rotatable bonds is 3. The summed E-state index contributed by atoms with van der Waals surface area (Å²) >= 11 is 6.07. The highest BCUT2D eigenvalue weighted by atomic mass is 35.5. The molecule has 0 spiro atoms. The van der Waals surface area contributed by atoms with E-state index in [-0.39, 0.29) is 11.9 Å². The molecule has 6 heteroatoms. The Labute approximate surface area is 110 Å². The standard InChI is InChI=1S/C12H13ClN2O3/c1-18-12(17)9-2-3-15(6-9)11-10(13)4-8(7-16)5-14-11/h4-5,7,9H,2-3,6H2,1H3. The first-order valence-corrected chi connectivity index (χ1v) is 5.97. The molecule has 0 aromatic carbocycles. The Bertz CT molecular complexity index is 478. The fraction of sp³-hybridized carbons (Fsp3) is 0.417. The largest absolute Gasteiger partial charge is 0.469 e. The van der Waals surface area contributed by atoms with Gasteiger partial charge in [0.15, 0.2) is 6.29 Å². The molecule has 1 saturated heterocycles. The molecule has 96 valence electrons. The van der Waals surface area contributed by atoms with Crippen molar-refractivity contribution in [2.75, 3.05) is 25.1 Å². The van der Waals surface area contributed by atoms with Crippen LogP contribution in [0.5, 0.6) is 0 Å². The van der Waals surface area contributed by atoms with Gasteiger partial charge in [-0.25, -0.2) is 4.98 Å². The van der Waals surface area contributed by atoms with E-state index < -0.39 is 0 Å². The molecular formula is C12H13ClN2O3. The van der Waals surface area contributed by atoms with E-state index in [4.69, 9.17) is 16.3 Å². The fourth-order valence-electron chi connectivity index (χ4n) is 2.05. The summed E-state index contributed by atoms with van der Waals surface area (Å²) in [4.78, 5) is 28.1. The molecule has 2 rings (SSSR count). The maximum Gasteiger partial charge on any atom is 0.310 e. The summed E-state index contributed by atoms with van der Waals surface area (Å²) in [6.07, 6.45) is 2.89. The normalized spacial score (nSPS) is 18.8. The van der Waals surface area contributed by atoms with Crippen LogP contribution >= 0.6 is 11.6 Å². The van der Waals surface area contributed by atoms with E-state index in [1.54, 1.807) is 6.07 Å². The molecule has 0 saturated carbocycles. The molecule has 5 nitrogen and oxygen atoms in total. The van der Waals surface area contributed by atoms with Crippen LogP contribution in [0.15, 0.2) is 12.3 Å². The third kappa shape index (κ3) is 2.46. The van der Waals surface area contributed by atoms with Gasteiger partial charge in [0.1, 0.15) is 5.82 Å². The molecule has 0 aliphatic carbocycles. The van der Waals surface area contributed by atoms with Crippen LogP contribution in [0, 0.1) is 5.92 Å². The molecule has 2 heterocycles. The van der Waals surface area contributed by atoms with Crippen LogP contribution < -0.4 is 4.90 Å². The molecule has 1 atom stereocenters. The number of esters is 1. The third-order valence-corrected chi connectivity index (χ3v) is 3.28. The molecule has 0 radical (unpaired) electrons. The number of carbonyl (C=O) groups is 2. The lowest BCUT2D eigenvalue weighted by Gasteiger charge is -2.18. The van der Waals surface area contributed by atoms with E-state index in [2.05, 4.69) is 4.98 Å². The van der Waals surface area contributed by atoms with Crippen LogP contribution in [0.3, 0.4) is 0 Å². The quantitative estimate of drug-likeness (QED) is 0.615. The Morgan fingerprint density at radius 3 is 3.06 bits per heavy atom. The van der Waals surface area contributed by atoms with E-state index in [9.17, 15) is 9.59 Å². The van der Waals surface area contributed by atoms with Crippen molar-refractivity contribution in [1.29, 1.82) is 0 Å². The zero-order chi connectivity index (χ0) is 13.1. The van der Waals surface area contributed by atoms with Crippen LogP contribution in [0.1, 0.15) is 16.8 Å². The van der Waals surface area contributed by atoms with Gasteiger partial charge in [0.2, 0.25) is 0 Å². The lowest BCUT2D eigenvalue weighted by atomic mass is 10.1. The van der Waals surface area contributed by atoms with E-state index in [1.165, 1.54) is 13.3 Å². The minimum atomic E-state index is -0.210. The maximum atomic E-state index is 11.4. The number of nitrogens with zero attached hydrogens (tertiary/aromatic N) is 2. The number of hydrogen-bond donors (Lipinski definition) is 0. The van der Waals surface area contributed by atoms with Crippen LogP contribution in [-0.2, 0) is 9.53 Å². The Morgan fingerprint density at radius 2 is 2.44 bits per heavy atom.